The molecule has 0 amide bonds. The van der Waals surface area contributed by atoms with Gasteiger partial charge in [-0.25, -0.2) is 0 Å². The summed E-state index contributed by atoms with van der Waals surface area (Å²) in [7, 11) is 1.98. The summed E-state index contributed by atoms with van der Waals surface area (Å²) in [4.78, 5) is 0. The molecule has 1 fully saturated rings. The molecule has 5 heteroatoms. The Kier molecular flexibility index (Phi) is 4.58. The average Bonchev–Trinajstić information content (AvgIpc) is 2.62. The van der Waals surface area contributed by atoms with Gasteiger partial charge in [0.25, 0.3) is 0 Å². The van der Waals surface area contributed by atoms with Gasteiger partial charge >= 0.3 is 0 Å². The molecule has 0 saturated carbocycles. The molecule has 2 N–H and O–H groups in total. The molecule has 2 heterocycles. The van der Waals surface area contributed by atoms with E-state index in [-0.39, 0.29) is 6.04 Å². The van der Waals surface area contributed by atoms with Crippen molar-refractivity contribution in [3.63, 3.8) is 0 Å². The molecule has 1 aliphatic heterocycles. The predicted octanol–water partition coefficient (Wildman–Crippen LogP) is 1.95. The van der Waals surface area contributed by atoms with E-state index in [4.69, 9.17) is 0 Å². The number of rotatable bonds is 4. The number of aryl methyl sites for hydroxylation is 2. The predicted molar refractivity (Wildman–Crippen MR) is 80.6 cm³/mol. The van der Waals surface area contributed by atoms with Crippen LogP contribution in [-0.2, 0) is 7.05 Å². The number of aromatic nitrogens is 2. The van der Waals surface area contributed by atoms with Gasteiger partial charge in [-0.1, -0.05) is 0 Å². The number of thioether (sulfide) groups is 1. The lowest BCUT2D eigenvalue weighted by atomic mass is 9.96. The van der Waals surface area contributed by atoms with Crippen molar-refractivity contribution in [3.8, 4) is 0 Å². The number of nitrogens with zero attached hydrogens (tertiary/aromatic N) is 2. The first-order chi connectivity index (χ1) is 8.93. The molecule has 0 aromatic carbocycles. The lowest BCUT2D eigenvalue weighted by molar-refractivity contribution is 0.0300. The Balaban J connectivity index is 1.99. The van der Waals surface area contributed by atoms with Crippen LogP contribution in [0.15, 0.2) is 0 Å². The summed E-state index contributed by atoms with van der Waals surface area (Å²) in [5.41, 5.74) is 3.01. The van der Waals surface area contributed by atoms with Gasteiger partial charge in [0, 0.05) is 30.9 Å². The number of hydrogen-bond acceptors (Lipinski definition) is 4. The molecule has 0 radical (unpaired) electrons. The normalized spacial score (nSPS) is 20.5. The Morgan fingerprint density at radius 2 is 2.05 bits per heavy atom. The van der Waals surface area contributed by atoms with Crippen LogP contribution in [0.4, 0.5) is 0 Å². The van der Waals surface area contributed by atoms with Crippen molar-refractivity contribution in [1.82, 2.24) is 15.1 Å². The Labute approximate surface area is 120 Å². The zero-order valence-corrected chi connectivity index (χ0v) is 13.2. The standard InChI is InChI=1S/C14H25N3OS/c1-10(13-11(2)16-17(4)12(13)3)15-9-14(18)5-7-19-8-6-14/h10,15,18H,5-9H2,1-4H3. The Bertz CT molecular complexity index is 438. The lowest BCUT2D eigenvalue weighted by Gasteiger charge is -2.33. The second-order valence-corrected chi connectivity index (χ2v) is 6.87. The van der Waals surface area contributed by atoms with Gasteiger partial charge < -0.3 is 10.4 Å². The highest BCUT2D eigenvalue weighted by Gasteiger charge is 2.30. The van der Waals surface area contributed by atoms with Crippen molar-refractivity contribution >= 4 is 11.8 Å². The Morgan fingerprint density at radius 1 is 1.42 bits per heavy atom. The molecule has 1 unspecified atom stereocenters. The summed E-state index contributed by atoms with van der Waals surface area (Å²) in [5.74, 6) is 2.13. The van der Waals surface area contributed by atoms with E-state index in [1.807, 2.05) is 30.4 Å². The smallest absolute Gasteiger partial charge is 0.0787 e. The van der Waals surface area contributed by atoms with E-state index in [0.717, 1.165) is 30.0 Å². The molecule has 1 aromatic heterocycles. The van der Waals surface area contributed by atoms with E-state index in [1.165, 1.54) is 11.3 Å². The van der Waals surface area contributed by atoms with E-state index in [9.17, 15) is 5.11 Å². The summed E-state index contributed by atoms with van der Waals surface area (Å²) in [5, 5.41) is 18.5. The Hall–Kier alpha value is -0.520. The van der Waals surface area contributed by atoms with Crippen molar-refractivity contribution < 1.29 is 5.11 Å². The van der Waals surface area contributed by atoms with Gasteiger partial charge in [0.2, 0.25) is 0 Å². The molecule has 0 bridgehead atoms. The summed E-state index contributed by atoms with van der Waals surface area (Å²) in [6, 6.07) is 0.229. The first-order valence-electron chi connectivity index (χ1n) is 6.96. The van der Waals surface area contributed by atoms with Crippen LogP contribution in [0.3, 0.4) is 0 Å². The molecule has 4 nitrogen and oxygen atoms in total. The monoisotopic (exact) mass is 283 g/mol. The van der Waals surface area contributed by atoms with Crippen molar-refractivity contribution in [1.29, 1.82) is 0 Å². The molecule has 19 heavy (non-hydrogen) atoms. The third kappa shape index (κ3) is 3.33. The van der Waals surface area contributed by atoms with Crippen LogP contribution in [0, 0.1) is 13.8 Å². The number of aliphatic hydroxyl groups is 1. The average molecular weight is 283 g/mol. The lowest BCUT2D eigenvalue weighted by Crippen LogP contribution is -2.44. The zero-order valence-electron chi connectivity index (χ0n) is 12.4. The van der Waals surface area contributed by atoms with Crippen molar-refractivity contribution in [2.75, 3.05) is 18.1 Å². The van der Waals surface area contributed by atoms with Gasteiger partial charge in [-0.15, -0.1) is 0 Å². The van der Waals surface area contributed by atoms with Crippen LogP contribution < -0.4 is 5.32 Å². The van der Waals surface area contributed by atoms with Crippen molar-refractivity contribution in [2.24, 2.45) is 7.05 Å². The first kappa shape index (κ1) is 14.9. The molecular formula is C14H25N3OS. The van der Waals surface area contributed by atoms with Crippen LogP contribution in [0.5, 0.6) is 0 Å². The van der Waals surface area contributed by atoms with Crippen LogP contribution in [-0.4, -0.2) is 38.5 Å². The highest BCUT2D eigenvalue weighted by Crippen LogP contribution is 2.27. The Morgan fingerprint density at radius 3 is 2.58 bits per heavy atom. The van der Waals surface area contributed by atoms with Gasteiger partial charge in [0.1, 0.15) is 0 Å². The molecule has 0 aliphatic carbocycles. The fraction of sp³-hybridized carbons (Fsp3) is 0.786. The maximum absolute atomic E-state index is 10.5. The SMILES string of the molecule is Cc1nn(C)c(C)c1C(C)NCC1(O)CCSCC1. The van der Waals surface area contributed by atoms with Crippen molar-refractivity contribution in [2.45, 2.75) is 45.3 Å². The molecule has 1 aliphatic rings. The number of hydrogen-bond donors (Lipinski definition) is 2. The van der Waals surface area contributed by atoms with E-state index in [0.29, 0.717) is 6.54 Å². The van der Waals surface area contributed by atoms with E-state index in [2.05, 4.69) is 24.3 Å². The minimum atomic E-state index is -0.524. The fourth-order valence-electron chi connectivity index (χ4n) is 2.79. The van der Waals surface area contributed by atoms with Crippen LogP contribution in [0.25, 0.3) is 0 Å². The molecule has 1 saturated heterocycles. The molecule has 108 valence electrons. The first-order valence-corrected chi connectivity index (χ1v) is 8.12. The third-order valence-electron chi connectivity index (χ3n) is 4.16. The second kappa shape index (κ2) is 5.85. The molecule has 1 aromatic rings. The topological polar surface area (TPSA) is 50.1 Å². The highest BCUT2D eigenvalue weighted by atomic mass is 32.2. The summed E-state index contributed by atoms with van der Waals surface area (Å²) >= 11 is 1.93. The minimum Gasteiger partial charge on any atom is -0.389 e. The van der Waals surface area contributed by atoms with Crippen LogP contribution in [0.1, 0.15) is 42.8 Å². The maximum Gasteiger partial charge on any atom is 0.0787 e. The quantitative estimate of drug-likeness (QED) is 0.887. The van der Waals surface area contributed by atoms with Crippen molar-refractivity contribution in [3.05, 3.63) is 17.0 Å². The summed E-state index contributed by atoms with van der Waals surface area (Å²) in [6.07, 6.45) is 1.78. The van der Waals surface area contributed by atoms with Gasteiger partial charge in [0.05, 0.1) is 11.3 Å². The zero-order chi connectivity index (χ0) is 14.0. The fourth-order valence-corrected chi connectivity index (χ4v) is 4.04. The summed E-state index contributed by atoms with van der Waals surface area (Å²) in [6.45, 7) is 6.96. The second-order valence-electron chi connectivity index (χ2n) is 5.65. The van der Waals surface area contributed by atoms with E-state index >= 15 is 0 Å². The largest absolute Gasteiger partial charge is 0.389 e. The molecular weight excluding hydrogens is 258 g/mol. The highest BCUT2D eigenvalue weighted by molar-refractivity contribution is 7.99. The summed E-state index contributed by atoms with van der Waals surface area (Å²) < 4.78 is 1.93. The molecule has 0 spiro atoms. The van der Waals surface area contributed by atoms with Crippen LogP contribution >= 0.6 is 11.8 Å². The van der Waals surface area contributed by atoms with Gasteiger partial charge in [-0.2, -0.15) is 16.9 Å². The third-order valence-corrected chi connectivity index (χ3v) is 5.14. The van der Waals surface area contributed by atoms with Gasteiger partial charge in [-0.3, -0.25) is 4.68 Å². The van der Waals surface area contributed by atoms with E-state index < -0.39 is 5.60 Å². The molecule has 2 rings (SSSR count). The molecule has 1 atom stereocenters. The van der Waals surface area contributed by atoms with E-state index in [1.54, 1.807) is 0 Å². The van der Waals surface area contributed by atoms with Gasteiger partial charge in [-0.05, 0) is 45.1 Å². The van der Waals surface area contributed by atoms with Gasteiger partial charge in [0.15, 0.2) is 0 Å². The maximum atomic E-state index is 10.5. The van der Waals surface area contributed by atoms with Crippen LogP contribution in [0.2, 0.25) is 0 Å². The number of nitrogens with one attached hydrogen (secondary N) is 1. The minimum absolute atomic E-state index is 0.229.